The maximum Gasteiger partial charge on any atom is 0.349 e. The second-order valence-corrected chi connectivity index (χ2v) is 3.97. The molecule has 1 heterocycles. The van der Waals surface area contributed by atoms with Crippen LogP contribution in [-0.4, -0.2) is 17.6 Å². The van der Waals surface area contributed by atoms with E-state index in [1.54, 1.807) is 6.92 Å². The van der Waals surface area contributed by atoms with Crippen molar-refractivity contribution in [3.8, 4) is 0 Å². The highest BCUT2D eigenvalue weighted by atomic mass is 35.5. The lowest BCUT2D eigenvalue weighted by molar-refractivity contribution is -0.137. The van der Waals surface area contributed by atoms with Crippen molar-refractivity contribution in [2.75, 3.05) is 6.61 Å². The number of carbonyl (C=O) groups excluding carboxylic acids is 1. The number of thiazole rings is 1. The van der Waals surface area contributed by atoms with Crippen LogP contribution in [0.2, 0.25) is 0 Å². The van der Waals surface area contributed by atoms with Gasteiger partial charge in [-0.1, -0.05) is 11.6 Å². The van der Waals surface area contributed by atoms with Gasteiger partial charge in [0, 0.05) is 5.38 Å². The van der Waals surface area contributed by atoms with Crippen LogP contribution in [0.3, 0.4) is 0 Å². The molecule has 0 spiro atoms. The van der Waals surface area contributed by atoms with Crippen LogP contribution in [0.5, 0.6) is 0 Å². The van der Waals surface area contributed by atoms with Gasteiger partial charge >= 0.3 is 5.97 Å². The monoisotopic (exact) mass is 231 g/mol. The van der Waals surface area contributed by atoms with Gasteiger partial charge in [-0.3, -0.25) is 0 Å². The van der Waals surface area contributed by atoms with E-state index in [-0.39, 0.29) is 5.03 Å². The molecule has 1 aromatic rings. The Morgan fingerprint density at radius 2 is 2.50 bits per heavy atom. The van der Waals surface area contributed by atoms with Gasteiger partial charge in [0.25, 0.3) is 0 Å². The number of nitrogens with zero attached hydrogens (tertiary/aromatic N) is 1. The molecule has 0 aromatic carbocycles. The Kier molecular flexibility index (Phi) is 4.10. The molecule has 0 saturated carbocycles. The van der Waals surface area contributed by atoms with Crippen LogP contribution in [0.4, 0.5) is 0 Å². The van der Waals surface area contributed by atoms with Gasteiger partial charge in [-0.2, -0.15) is 0 Å². The molecular formula is C9H10ClNO2S. The van der Waals surface area contributed by atoms with Gasteiger partial charge in [0.1, 0.15) is 5.03 Å². The summed E-state index contributed by atoms with van der Waals surface area (Å²) >= 11 is 7.21. The number of carbonyl (C=O) groups is 1. The lowest BCUT2D eigenvalue weighted by Crippen LogP contribution is -2.03. The molecule has 0 bridgehead atoms. The fourth-order valence-corrected chi connectivity index (χ4v) is 1.57. The summed E-state index contributed by atoms with van der Waals surface area (Å²) in [5, 5.41) is 2.82. The standard InChI is InChI=1S/C9H10ClNO2S/c1-3-13-9(12)8(10)4-7-5-14-6(2)11-7/h4-5H,3H2,1-2H3/b8-4+. The number of hydrogen-bond donors (Lipinski definition) is 0. The van der Waals surface area contributed by atoms with E-state index in [1.807, 2.05) is 12.3 Å². The Labute approximate surface area is 91.4 Å². The first-order chi connectivity index (χ1) is 6.63. The number of rotatable bonds is 3. The van der Waals surface area contributed by atoms with E-state index in [0.29, 0.717) is 12.3 Å². The highest BCUT2D eigenvalue weighted by molar-refractivity contribution is 7.09. The quantitative estimate of drug-likeness (QED) is 0.593. The SMILES string of the molecule is CCOC(=O)/C(Cl)=C\c1csc(C)n1. The molecule has 14 heavy (non-hydrogen) atoms. The van der Waals surface area contributed by atoms with Crippen molar-refractivity contribution in [1.29, 1.82) is 0 Å². The van der Waals surface area contributed by atoms with Crippen molar-refractivity contribution in [2.45, 2.75) is 13.8 Å². The normalized spacial score (nSPS) is 11.5. The maximum atomic E-state index is 11.1. The molecule has 0 aliphatic heterocycles. The summed E-state index contributed by atoms with van der Waals surface area (Å²) in [7, 11) is 0. The summed E-state index contributed by atoms with van der Waals surface area (Å²) in [6.07, 6.45) is 1.50. The number of hydrogen-bond acceptors (Lipinski definition) is 4. The zero-order valence-corrected chi connectivity index (χ0v) is 9.48. The number of aromatic nitrogens is 1. The van der Waals surface area contributed by atoms with Crippen LogP contribution in [0.25, 0.3) is 6.08 Å². The van der Waals surface area contributed by atoms with Crippen LogP contribution in [0.1, 0.15) is 17.6 Å². The topological polar surface area (TPSA) is 39.2 Å². The van der Waals surface area contributed by atoms with Crippen molar-refractivity contribution in [3.05, 3.63) is 21.1 Å². The number of aryl methyl sites for hydroxylation is 1. The molecule has 76 valence electrons. The van der Waals surface area contributed by atoms with Crippen LogP contribution in [0.15, 0.2) is 10.4 Å². The molecule has 0 unspecified atom stereocenters. The number of ether oxygens (including phenoxy) is 1. The number of halogens is 1. The van der Waals surface area contributed by atoms with Gasteiger partial charge in [-0.15, -0.1) is 11.3 Å². The first-order valence-corrected chi connectivity index (χ1v) is 5.35. The second kappa shape index (κ2) is 5.12. The Morgan fingerprint density at radius 3 is 3.00 bits per heavy atom. The molecular weight excluding hydrogens is 222 g/mol. The third-order valence-electron chi connectivity index (χ3n) is 1.38. The summed E-state index contributed by atoms with van der Waals surface area (Å²) in [5.74, 6) is -0.514. The molecule has 0 aliphatic carbocycles. The average Bonchev–Trinajstić information content (AvgIpc) is 2.51. The van der Waals surface area contributed by atoms with Gasteiger partial charge in [0.05, 0.1) is 17.3 Å². The molecule has 0 amide bonds. The average molecular weight is 232 g/mol. The predicted molar refractivity (Wildman–Crippen MR) is 57.3 cm³/mol. The van der Waals surface area contributed by atoms with E-state index in [4.69, 9.17) is 16.3 Å². The predicted octanol–water partition coefficient (Wildman–Crippen LogP) is 2.59. The maximum absolute atomic E-state index is 11.1. The molecule has 0 radical (unpaired) electrons. The lowest BCUT2D eigenvalue weighted by Gasteiger charge is -1.97. The van der Waals surface area contributed by atoms with Crippen LogP contribution >= 0.6 is 22.9 Å². The van der Waals surface area contributed by atoms with Crippen molar-refractivity contribution in [3.63, 3.8) is 0 Å². The lowest BCUT2D eigenvalue weighted by atomic mass is 10.4. The summed E-state index contributed by atoms with van der Waals surface area (Å²) in [5.41, 5.74) is 0.686. The van der Waals surface area contributed by atoms with Crippen LogP contribution < -0.4 is 0 Å². The highest BCUT2D eigenvalue weighted by Gasteiger charge is 2.07. The minimum absolute atomic E-state index is 0.0529. The molecule has 0 atom stereocenters. The Balaban J connectivity index is 2.73. The summed E-state index contributed by atoms with van der Waals surface area (Å²) in [6.45, 7) is 3.94. The van der Waals surface area contributed by atoms with Gasteiger partial charge in [-0.25, -0.2) is 9.78 Å². The third kappa shape index (κ3) is 3.12. The largest absolute Gasteiger partial charge is 0.462 e. The first-order valence-electron chi connectivity index (χ1n) is 4.10. The van der Waals surface area contributed by atoms with Gasteiger partial charge < -0.3 is 4.74 Å². The van der Waals surface area contributed by atoms with Crippen molar-refractivity contribution >= 4 is 35.0 Å². The minimum Gasteiger partial charge on any atom is -0.462 e. The van der Waals surface area contributed by atoms with Crippen molar-refractivity contribution in [1.82, 2.24) is 4.98 Å². The Bertz CT molecular complexity index is 359. The van der Waals surface area contributed by atoms with E-state index in [0.717, 1.165) is 5.01 Å². The van der Waals surface area contributed by atoms with Crippen LogP contribution in [-0.2, 0) is 9.53 Å². The van der Waals surface area contributed by atoms with E-state index in [2.05, 4.69) is 4.98 Å². The van der Waals surface area contributed by atoms with Crippen molar-refractivity contribution in [2.24, 2.45) is 0 Å². The molecule has 3 nitrogen and oxygen atoms in total. The van der Waals surface area contributed by atoms with E-state index >= 15 is 0 Å². The zero-order chi connectivity index (χ0) is 10.6. The Morgan fingerprint density at radius 1 is 1.79 bits per heavy atom. The molecule has 0 saturated heterocycles. The molecule has 0 N–H and O–H groups in total. The first kappa shape index (κ1) is 11.2. The summed E-state index contributed by atoms with van der Waals surface area (Å²) in [4.78, 5) is 15.3. The molecule has 0 fully saturated rings. The molecule has 1 aromatic heterocycles. The molecule has 5 heteroatoms. The van der Waals surface area contributed by atoms with Gasteiger partial charge in [0.15, 0.2) is 0 Å². The van der Waals surface area contributed by atoms with Crippen molar-refractivity contribution < 1.29 is 9.53 Å². The van der Waals surface area contributed by atoms with Crippen LogP contribution in [0, 0.1) is 6.92 Å². The van der Waals surface area contributed by atoms with Gasteiger partial charge in [0.2, 0.25) is 0 Å². The number of esters is 1. The third-order valence-corrected chi connectivity index (χ3v) is 2.44. The summed E-state index contributed by atoms with van der Waals surface area (Å²) < 4.78 is 4.72. The smallest absolute Gasteiger partial charge is 0.349 e. The van der Waals surface area contributed by atoms with E-state index in [1.165, 1.54) is 17.4 Å². The van der Waals surface area contributed by atoms with Gasteiger partial charge in [-0.05, 0) is 19.9 Å². The molecule has 0 aliphatic rings. The zero-order valence-electron chi connectivity index (χ0n) is 7.91. The summed E-state index contributed by atoms with van der Waals surface area (Å²) in [6, 6.07) is 0. The second-order valence-electron chi connectivity index (χ2n) is 2.50. The fourth-order valence-electron chi connectivity index (χ4n) is 0.835. The fraction of sp³-hybridized carbons (Fsp3) is 0.333. The Hall–Kier alpha value is -0.870. The molecule has 1 rings (SSSR count). The van der Waals surface area contributed by atoms with E-state index in [9.17, 15) is 4.79 Å². The van der Waals surface area contributed by atoms with E-state index < -0.39 is 5.97 Å². The minimum atomic E-state index is -0.514. The highest BCUT2D eigenvalue weighted by Crippen LogP contribution is 2.14.